The summed E-state index contributed by atoms with van der Waals surface area (Å²) in [6.45, 7) is 2.87. The molecule has 94 valence electrons. The van der Waals surface area contributed by atoms with Crippen LogP contribution in [0.15, 0.2) is 24.5 Å². The van der Waals surface area contributed by atoms with E-state index in [9.17, 15) is 0 Å². The molecule has 0 saturated carbocycles. The Hall–Kier alpha value is -0.550. The van der Waals surface area contributed by atoms with E-state index in [1.165, 1.54) is 0 Å². The van der Waals surface area contributed by atoms with E-state index in [-0.39, 0.29) is 24.8 Å². The number of nitrogens with one attached hydrogen (secondary N) is 1. The summed E-state index contributed by atoms with van der Waals surface area (Å²) in [6.07, 6.45) is 3.52. The molecular weight excluding hydrogens is 301 g/mol. The number of rotatable bonds is 3. The van der Waals surface area contributed by atoms with E-state index < -0.39 is 0 Å². The van der Waals surface area contributed by atoms with Crippen molar-refractivity contribution in [2.24, 2.45) is 0 Å². The van der Waals surface area contributed by atoms with Gasteiger partial charge in [0.25, 0.3) is 0 Å². The molecule has 1 N–H and O–H groups in total. The smallest absolute Gasteiger partial charge is 0.164 e. The van der Waals surface area contributed by atoms with Crippen molar-refractivity contribution in [3.63, 3.8) is 0 Å². The van der Waals surface area contributed by atoms with Gasteiger partial charge in [0.15, 0.2) is 5.15 Å². The molecule has 2 aromatic heterocycles. The summed E-state index contributed by atoms with van der Waals surface area (Å²) >= 11 is 7.53. The Labute approximate surface area is 121 Å². The fraction of sp³-hybridized carbons (Fsp3) is 0.200. The zero-order valence-electron chi connectivity index (χ0n) is 9.01. The van der Waals surface area contributed by atoms with Crippen LogP contribution in [0.5, 0.6) is 0 Å². The van der Waals surface area contributed by atoms with Crippen molar-refractivity contribution >= 4 is 52.8 Å². The molecule has 0 aromatic carbocycles. The Morgan fingerprint density at radius 2 is 2.18 bits per heavy atom. The summed E-state index contributed by atoms with van der Waals surface area (Å²) in [4.78, 5) is 8.33. The number of thiazole rings is 1. The summed E-state index contributed by atoms with van der Waals surface area (Å²) in [7, 11) is 0. The molecule has 2 rings (SSSR count). The van der Waals surface area contributed by atoms with Crippen molar-refractivity contribution in [2.75, 3.05) is 11.9 Å². The minimum Gasteiger partial charge on any atom is -0.375 e. The summed E-state index contributed by atoms with van der Waals surface area (Å²) in [5.74, 6) is 0. The summed E-state index contributed by atoms with van der Waals surface area (Å²) in [6, 6.07) is 3.86. The number of halogens is 3. The molecule has 0 unspecified atom stereocenters. The fourth-order valence-electron chi connectivity index (χ4n) is 1.18. The van der Waals surface area contributed by atoms with Crippen LogP contribution >= 0.6 is 47.8 Å². The topological polar surface area (TPSA) is 37.8 Å². The molecule has 3 nitrogen and oxygen atoms in total. The Kier molecular flexibility index (Phi) is 7.46. The van der Waals surface area contributed by atoms with E-state index >= 15 is 0 Å². The van der Waals surface area contributed by atoms with Gasteiger partial charge in [0.1, 0.15) is 10.0 Å². The first-order chi connectivity index (χ1) is 7.31. The average Bonchev–Trinajstić information content (AvgIpc) is 2.63. The molecule has 0 atom stereocenters. The largest absolute Gasteiger partial charge is 0.375 e. The van der Waals surface area contributed by atoms with Gasteiger partial charge < -0.3 is 5.32 Å². The van der Waals surface area contributed by atoms with Gasteiger partial charge >= 0.3 is 0 Å². The molecule has 2 aromatic rings. The van der Waals surface area contributed by atoms with E-state index in [0.29, 0.717) is 5.15 Å². The van der Waals surface area contributed by atoms with Crippen molar-refractivity contribution in [1.29, 1.82) is 0 Å². The Morgan fingerprint density at radius 3 is 2.76 bits per heavy atom. The highest BCUT2D eigenvalue weighted by molar-refractivity contribution is 7.19. The second-order valence-corrected chi connectivity index (χ2v) is 4.27. The lowest BCUT2D eigenvalue weighted by atomic mass is 10.3. The Morgan fingerprint density at radius 1 is 1.41 bits per heavy atom. The van der Waals surface area contributed by atoms with Crippen LogP contribution in [0.3, 0.4) is 0 Å². The van der Waals surface area contributed by atoms with Gasteiger partial charge in [0, 0.05) is 24.5 Å². The second kappa shape index (κ2) is 7.71. The highest BCUT2D eigenvalue weighted by Gasteiger charge is 2.09. The van der Waals surface area contributed by atoms with Crippen molar-refractivity contribution in [3.8, 4) is 10.6 Å². The Bertz CT molecular complexity index is 447. The molecule has 17 heavy (non-hydrogen) atoms. The van der Waals surface area contributed by atoms with Crippen LogP contribution in [0.2, 0.25) is 5.15 Å². The average molecular weight is 313 g/mol. The molecule has 0 bridgehead atoms. The van der Waals surface area contributed by atoms with Crippen LogP contribution in [-0.2, 0) is 0 Å². The number of hydrogen-bond donors (Lipinski definition) is 1. The lowest BCUT2D eigenvalue weighted by molar-refractivity contribution is 1.22. The standard InChI is InChI=1S/C10H10ClN3S.2ClH/c1-2-13-10-8(11)14-9(15-10)7-4-3-5-12-6-7;;/h3-6,13H,2H2,1H3;2*1H. The monoisotopic (exact) mass is 311 g/mol. The third-order valence-electron chi connectivity index (χ3n) is 1.83. The van der Waals surface area contributed by atoms with Crippen molar-refractivity contribution in [3.05, 3.63) is 29.7 Å². The minimum absolute atomic E-state index is 0. The first-order valence-electron chi connectivity index (χ1n) is 4.62. The molecule has 0 aliphatic rings. The van der Waals surface area contributed by atoms with E-state index in [0.717, 1.165) is 22.1 Å². The van der Waals surface area contributed by atoms with E-state index in [4.69, 9.17) is 11.6 Å². The maximum atomic E-state index is 5.99. The van der Waals surface area contributed by atoms with Gasteiger partial charge in [-0.05, 0) is 19.1 Å². The SMILES string of the molecule is CCNc1sc(-c2cccnc2)nc1Cl.Cl.Cl. The lowest BCUT2D eigenvalue weighted by Gasteiger charge is -1.95. The van der Waals surface area contributed by atoms with Crippen LogP contribution in [0.1, 0.15) is 6.92 Å². The first kappa shape index (κ1) is 16.4. The second-order valence-electron chi connectivity index (χ2n) is 2.91. The Balaban J connectivity index is 0.00000128. The normalized spacial score (nSPS) is 9.06. The van der Waals surface area contributed by atoms with E-state index in [2.05, 4.69) is 15.3 Å². The molecule has 0 aliphatic heterocycles. The zero-order chi connectivity index (χ0) is 10.7. The maximum absolute atomic E-state index is 5.99. The number of nitrogens with zero attached hydrogens (tertiary/aromatic N) is 2. The quantitative estimate of drug-likeness (QED) is 0.926. The van der Waals surface area contributed by atoms with E-state index in [1.807, 2.05) is 19.1 Å². The van der Waals surface area contributed by atoms with Crippen LogP contribution in [-0.4, -0.2) is 16.5 Å². The number of anilines is 1. The van der Waals surface area contributed by atoms with Crippen molar-refractivity contribution in [1.82, 2.24) is 9.97 Å². The van der Waals surface area contributed by atoms with Gasteiger partial charge in [0.05, 0.1) is 0 Å². The van der Waals surface area contributed by atoms with Gasteiger partial charge in [-0.15, -0.1) is 24.8 Å². The van der Waals surface area contributed by atoms with E-state index in [1.54, 1.807) is 23.7 Å². The number of hydrogen-bond acceptors (Lipinski definition) is 4. The molecule has 0 aliphatic carbocycles. The highest BCUT2D eigenvalue weighted by atomic mass is 35.5. The highest BCUT2D eigenvalue weighted by Crippen LogP contribution is 2.34. The maximum Gasteiger partial charge on any atom is 0.164 e. The van der Waals surface area contributed by atoms with Gasteiger partial charge in [0.2, 0.25) is 0 Å². The molecule has 0 fully saturated rings. The number of pyridine rings is 1. The molecule has 2 heterocycles. The van der Waals surface area contributed by atoms with Crippen LogP contribution in [0.4, 0.5) is 5.00 Å². The summed E-state index contributed by atoms with van der Waals surface area (Å²) in [5.41, 5.74) is 0.994. The van der Waals surface area contributed by atoms with Gasteiger partial charge in [-0.2, -0.15) is 0 Å². The molecule has 0 spiro atoms. The number of aromatic nitrogens is 2. The van der Waals surface area contributed by atoms with Crippen LogP contribution in [0, 0.1) is 0 Å². The molecule has 7 heteroatoms. The molecular formula is C10H12Cl3N3S. The van der Waals surface area contributed by atoms with Crippen LogP contribution in [0.25, 0.3) is 10.6 Å². The van der Waals surface area contributed by atoms with Gasteiger partial charge in [-0.1, -0.05) is 22.9 Å². The third kappa shape index (κ3) is 4.00. The summed E-state index contributed by atoms with van der Waals surface area (Å²) < 4.78 is 0. The lowest BCUT2D eigenvalue weighted by Crippen LogP contribution is -1.93. The van der Waals surface area contributed by atoms with Crippen LogP contribution < -0.4 is 5.32 Å². The van der Waals surface area contributed by atoms with Gasteiger partial charge in [-0.3, -0.25) is 4.98 Å². The first-order valence-corrected chi connectivity index (χ1v) is 5.81. The predicted octanol–water partition coefficient (Wildman–Crippen LogP) is 4.13. The molecule has 0 amide bonds. The third-order valence-corrected chi connectivity index (χ3v) is 3.28. The van der Waals surface area contributed by atoms with Gasteiger partial charge in [-0.25, -0.2) is 4.98 Å². The van der Waals surface area contributed by atoms with Crippen molar-refractivity contribution < 1.29 is 0 Å². The minimum atomic E-state index is 0. The molecule has 0 saturated heterocycles. The predicted molar refractivity (Wildman–Crippen MR) is 79.0 cm³/mol. The van der Waals surface area contributed by atoms with Crippen molar-refractivity contribution in [2.45, 2.75) is 6.92 Å². The zero-order valence-corrected chi connectivity index (χ0v) is 12.2. The summed E-state index contributed by atoms with van der Waals surface area (Å²) in [5, 5.41) is 5.51. The molecule has 0 radical (unpaired) electrons. The fourth-order valence-corrected chi connectivity index (χ4v) is 2.42.